The van der Waals surface area contributed by atoms with E-state index in [1.807, 2.05) is 12.1 Å². The molecule has 1 aliphatic heterocycles. The first-order chi connectivity index (χ1) is 10.3. The summed E-state index contributed by atoms with van der Waals surface area (Å²) in [4.78, 5) is 35.5. The number of rotatable bonds is 1. The summed E-state index contributed by atoms with van der Waals surface area (Å²) in [6, 6.07) is 4.69. The zero-order valence-corrected chi connectivity index (χ0v) is 12.8. The first-order valence-electron chi connectivity index (χ1n) is 7.27. The minimum atomic E-state index is -0.768. The predicted molar refractivity (Wildman–Crippen MR) is 80.6 cm³/mol. The van der Waals surface area contributed by atoms with Crippen LogP contribution in [0.5, 0.6) is 0 Å². The number of fused-ring (bicyclic) bond motifs is 1. The lowest BCUT2D eigenvalue weighted by Crippen LogP contribution is -2.43. The van der Waals surface area contributed by atoms with Crippen molar-refractivity contribution in [2.45, 2.75) is 45.1 Å². The normalized spacial score (nSPS) is 19.5. The highest BCUT2D eigenvalue weighted by Crippen LogP contribution is 2.26. The quantitative estimate of drug-likeness (QED) is 0.815. The second-order valence-electron chi connectivity index (χ2n) is 6.65. The molecular weight excluding hydrogens is 284 g/mol. The highest BCUT2D eigenvalue weighted by molar-refractivity contribution is 5.99. The maximum atomic E-state index is 12.4. The molecule has 1 aromatic carbocycles. The van der Waals surface area contributed by atoms with Gasteiger partial charge in [-0.25, -0.2) is 0 Å². The van der Waals surface area contributed by atoms with Crippen LogP contribution in [0.1, 0.15) is 45.2 Å². The average molecular weight is 302 g/mol. The molecule has 0 spiro atoms. The van der Waals surface area contributed by atoms with Crippen molar-refractivity contribution >= 4 is 22.8 Å². The Morgan fingerprint density at radius 1 is 1.23 bits per heavy atom. The van der Waals surface area contributed by atoms with E-state index in [-0.39, 0.29) is 29.7 Å². The highest BCUT2D eigenvalue weighted by atomic mass is 16.5. The van der Waals surface area contributed by atoms with Crippen LogP contribution in [0.25, 0.3) is 11.0 Å². The fraction of sp³-hybridized carbons (Fsp3) is 0.438. The van der Waals surface area contributed by atoms with E-state index in [9.17, 15) is 14.4 Å². The predicted octanol–water partition coefficient (Wildman–Crippen LogP) is 1.87. The molecule has 1 saturated heterocycles. The van der Waals surface area contributed by atoms with Crippen LogP contribution >= 0.6 is 0 Å². The topological polar surface area (TPSA) is 81.3 Å². The molecule has 6 nitrogen and oxygen atoms in total. The molecule has 3 rings (SSSR count). The Balaban J connectivity index is 2.08. The van der Waals surface area contributed by atoms with Crippen molar-refractivity contribution in [3.63, 3.8) is 0 Å². The van der Waals surface area contributed by atoms with Gasteiger partial charge in [-0.15, -0.1) is 0 Å². The summed E-state index contributed by atoms with van der Waals surface area (Å²) in [6.45, 7) is 6.22. The Kier molecular flexibility index (Phi) is 3.20. The number of carbonyl (C=O) groups is 2. The number of piperidine rings is 1. The first-order valence-corrected chi connectivity index (χ1v) is 7.27. The molecule has 0 bridgehead atoms. The van der Waals surface area contributed by atoms with E-state index in [1.54, 1.807) is 6.07 Å². The second-order valence-corrected chi connectivity index (χ2v) is 6.65. The fourth-order valence-corrected chi connectivity index (χ4v) is 2.62. The third-order valence-corrected chi connectivity index (χ3v) is 3.97. The van der Waals surface area contributed by atoms with Crippen molar-refractivity contribution in [2.24, 2.45) is 0 Å². The summed E-state index contributed by atoms with van der Waals surface area (Å²) in [6.07, 6.45) is 0.476. The Bertz CT molecular complexity index is 823. The van der Waals surface area contributed by atoms with Gasteiger partial charge in [-0.2, -0.15) is 4.74 Å². The SMILES string of the molecule is CC(C)(C)c1ccc2c(=O)n(C3CCC(=O)NC3=O)oc2c1. The van der Waals surface area contributed by atoms with Crippen molar-refractivity contribution in [1.29, 1.82) is 0 Å². The lowest BCUT2D eigenvalue weighted by atomic mass is 9.87. The molecular formula is C16H18N2O4. The van der Waals surface area contributed by atoms with E-state index in [2.05, 4.69) is 26.1 Å². The van der Waals surface area contributed by atoms with Gasteiger partial charge < -0.3 is 4.52 Å². The molecule has 0 saturated carbocycles. The monoisotopic (exact) mass is 302 g/mol. The lowest BCUT2D eigenvalue weighted by Gasteiger charge is -2.19. The smallest absolute Gasteiger partial charge is 0.291 e. The van der Waals surface area contributed by atoms with Crippen LogP contribution < -0.4 is 10.9 Å². The van der Waals surface area contributed by atoms with Gasteiger partial charge >= 0.3 is 0 Å². The molecule has 0 aliphatic carbocycles. The summed E-state index contributed by atoms with van der Waals surface area (Å²) >= 11 is 0. The summed E-state index contributed by atoms with van der Waals surface area (Å²) in [5, 5.41) is 2.68. The molecule has 1 unspecified atom stereocenters. The maximum Gasteiger partial charge on any atom is 0.291 e. The van der Waals surface area contributed by atoms with Gasteiger partial charge in [0.05, 0.1) is 5.39 Å². The van der Waals surface area contributed by atoms with Gasteiger partial charge in [0, 0.05) is 6.42 Å². The van der Waals surface area contributed by atoms with Gasteiger partial charge in [0.15, 0.2) is 5.58 Å². The molecule has 116 valence electrons. The molecule has 2 amide bonds. The molecule has 2 aromatic rings. The number of hydrogen-bond donors (Lipinski definition) is 1. The zero-order chi connectivity index (χ0) is 16.1. The van der Waals surface area contributed by atoms with Crippen LogP contribution in [0, 0.1) is 0 Å². The van der Waals surface area contributed by atoms with Crippen molar-refractivity contribution in [1.82, 2.24) is 10.1 Å². The Morgan fingerprint density at radius 3 is 2.59 bits per heavy atom. The molecule has 2 heterocycles. The van der Waals surface area contributed by atoms with Crippen molar-refractivity contribution in [2.75, 3.05) is 0 Å². The van der Waals surface area contributed by atoms with E-state index in [1.165, 1.54) is 0 Å². The third kappa shape index (κ3) is 2.34. The van der Waals surface area contributed by atoms with Crippen LogP contribution in [-0.2, 0) is 15.0 Å². The van der Waals surface area contributed by atoms with Gasteiger partial charge in [0.2, 0.25) is 5.91 Å². The lowest BCUT2D eigenvalue weighted by molar-refractivity contribution is -0.137. The number of nitrogens with one attached hydrogen (secondary N) is 1. The van der Waals surface area contributed by atoms with E-state index >= 15 is 0 Å². The van der Waals surface area contributed by atoms with Crippen LogP contribution in [-0.4, -0.2) is 16.6 Å². The number of hydrogen-bond acceptors (Lipinski definition) is 4. The first kappa shape index (κ1) is 14.6. The third-order valence-electron chi connectivity index (χ3n) is 3.97. The van der Waals surface area contributed by atoms with Gasteiger partial charge in [0.25, 0.3) is 11.5 Å². The number of aromatic nitrogens is 1. The van der Waals surface area contributed by atoms with Gasteiger partial charge in [-0.3, -0.25) is 19.7 Å². The number of benzene rings is 1. The molecule has 1 N–H and O–H groups in total. The van der Waals surface area contributed by atoms with Crippen LogP contribution in [0.4, 0.5) is 0 Å². The summed E-state index contributed by atoms with van der Waals surface area (Å²) in [7, 11) is 0. The number of imide groups is 1. The zero-order valence-electron chi connectivity index (χ0n) is 12.8. The van der Waals surface area contributed by atoms with Crippen molar-refractivity contribution < 1.29 is 14.1 Å². The highest BCUT2D eigenvalue weighted by Gasteiger charge is 2.31. The van der Waals surface area contributed by atoms with Gasteiger partial charge in [0.1, 0.15) is 6.04 Å². The molecule has 1 aromatic heterocycles. The average Bonchev–Trinajstić information content (AvgIpc) is 2.75. The molecule has 1 atom stereocenters. The van der Waals surface area contributed by atoms with Gasteiger partial charge in [-0.1, -0.05) is 26.8 Å². The Hall–Kier alpha value is -2.37. The van der Waals surface area contributed by atoms with Crippen LogP contribution in [0.2, 0.25) is 0 Å². The van der Waals surface area contributed by atoms with Crippen molar-refractivity contribution in [3.8, 4) is 0 Å². The maximum absolute atomic E-state index is 12.4. The standard InChI is InChI=1S/C16H18N2O4/c1-16(2,3)9-4-5-10-12(8-9)22-18(15(10)21)11-6-7-13(19)17-14(11)20/h4-5,8,11H,6-7H2,1-3H3,(H,17,19,20). The molecule has 0 radical (unpaired) electrons. The van der Waals surface area contributed by atoms with Gasteiger partial charge in [-0.05, 0) is 29.5 Å². The van der Waals surface area contributed by atoms with Crippen LogP contribution in [0.3, 0.4) is 0 Å². The van der Waals surface area contributed by atoms with Crippen LogP contribution in [0.15, 0.2) is 27.5 Å². The van der Waals surface area contributed by atoms with Crippen molar-refractivity contribution in [3.05, 3.63) is 34.1 Å². The van der Waals surface area contributed by atoms with E-state index in [0.717, 1.165) is 10.3 Å². The largest absolute Gasteiger partial charge is 0.375 e. The minimum absolute atomic E-state index is 0.0660. The molecule has 6 heteroatoms. The summed E-state index contributed by atoms with van der Waals surface area (Å²) in [5.41, 5.74) is 1.10. The molecule has 1 aliphatic rings. The van der Waals surface area contributed by atoms with E-state index in [0.29, 0.717) is 11.0 Å². The number of carbonyl (C=O) groups excluding carboxylic acids is 2. The number of amides is 2. The van der Waals surface area contributed by atoms with E-state index in [4.69, 9.17) is 4.52 Å². The van der Waals surface area contributed by atoms with E-state index < -0.39 is 11.9 Å². The Labute approximate surface area is 127 Å². The minimum Gasteiger partial charge on any atom is -0.375 e. The second kappa shape index (κ2) is 4.83. The number of nitrogens with zero attached hydrogens (tertiary/aromatic N) is 1. The summed E-state index contributed by atoms with van der Waals surface area (Å²) < 4.78 is 6.69. The summed E-state index contributed by atoms with van der Waals surface area (Å²) in [5.74, 6) is -0.811. The fourth-order valence-electron chi connectivity index (χ4n) is 2.62. The Morgan fingerprint density at radius 2 is 1.95 bits per heavy atom. The molecule has 1 fully saturated rings. The molecule has 22 heavy (non-hydrogen) atoms.